The summed E-state index contributed by atoms with van der Waals surface area (Å²) in [6.07, 6.45) is 3.75. The van der Waals surface area contributed by atoms with E-state index in [1.165, 1.54) is 0 Å². The fourth-order valence-electron chi connectivity index (χ4n) is 3.00. The van der Waals surface area contributed by atoms with Crippen molar-refractivity contribution in [2.75, 3.05) is 26.3 Å². The molecule has 110 valence electrons. The van der Waals surface area contributed by atoms with Crippen LogP contribution in [0.1, 0.15) is 43.8 Å². The number of hydrogen-bond acceptors (Lipinski definition) is 5. The minimum atomic E-state index is 0.156. The maximum atomic E-state index is 11.3. The van der Waals surface area contributed by atoms with E-state index in [1.54, 1.807) is 6.92 Å². The van der Waals surface area contributed by atoms with E-state index in [0.717, 1.165) is 63.7 Å². The maximum absolute atomic E-state index is 11.3. The summed E-state index contributed by atoms with van der Waals surface area (Å²) in [5, 5.41) is 4.09. The molecule has 0 spiro atoms. The molecular formula is C14H21N3O3. The van der Waals surface area contributed by atoms with E-state index in [-0.39, 0.29) is 5.91 Å². The zero-order valence-electron chi connectivity index (χ0n) is 11.9. The van der Waals surface area contributed by atoms with Crippen LogP contribution in [0, 0.1) is 5.92 Å². The Morgan fingerprint density at radius 1 is 1.35 bits per heavy atom. The van der Waals surface area contributed by atoms with Crippen LogP contribution in [0.15, 0.2) is 4.52 Å². The molecule has 0 saturated carbocycles. The van der Waals surface area contributed by atoms with E-state index in [2.05, 4.69) is 10.1 Å². The van der Waals surface area contributed by atoms with Crippen LogP contribution in [0.25, 0.3) is 0 Å². The van der Waals surface area contributed by atoms with Crippen LogP contribution in [0.2, 0.25) is 0 Å². The van der Waals surface area contributed by atoms with Crippen molar-refractivity contribution in [1.29, 1.82) is 0 Å². The van der Waals surface area contributed by atoms with E-state index < -0.39 is 0 Å². The lowest BCUT2D eigenvalue weighted by atomic mass is 10.0. The van der Waals surface area contributed by atoms with Gasteiger partial charge in [0.05, 0.1) is 0 Å². The zero-order valence-corrected chi connectivity index (χ0v) is 11.9. The highest BCUT2D eigenvalue weighted by Gasteiger charge is 2.27. The van der Waals surface area contributed by atoms with Crippen molar-refractivity contribution >= 4 is 5.91 Å². The van der Waals surface area contributed by atoms with Gasteiger partial charge in [-0.25, -0.2) is 0 Å². The Morgan fingerprint density at radius 2 is 2.15 bits per heavy atom. The minimum absolute atomic E-state index is 0.156. The molecule has 3 rings (SSSR count). The predicted octanol–water partition coefficient (Wildman–Crippen LogP) is 1.37. The number of likely N-dealkylation sites (tertiary alicyclic amines) is 1. The average molecular weight is 279 g/mol. The van der Waals surface area contributed by atoms with Crippen molar-refractivity contribution in [3.8, 4) is 0 Å². The van der Waals surface area contributed by atoms with Crippen LogP contribution in [-0.4, -0.2) is 47.3 Å². The topological polar surface area (TPSA) is 68.5 Å². The van der Waals surface area contributed by atoms with E-state index in [9.17, 15) is 4.79 Å². The van der Waals surface area contributed by atoms with Crippen molar-refractivity contribution in [2.45, 2.75) is 38.5 Å². The van der Waals surface area contributed by atoms with Gasteiger partial charge in [0.15, 0.2) is 5.82 Å². The maximum Gasteiger partial charge on any atom is 0.229 e. The molecule has 1 amide bonds. The van der Waals surface area contributed by atoms with Crippen LogP contribution in [-0.2, 0) is 16.0 Å². The first-order chi connectivity index (χ1) is 9.72. The first-order valence-electron chi connectivity index (χ1n) is 7.38. The van der Waals surface area contributed by atoms with Gasteiger partial charge in [-0.3, -0.25) is 4.79 Å². The molecule has 2 aliphatic heterocycles. The van der Waals surface area contributed by atoms with Gasteiger partial charge in [0.1, 0.15) is 0 Å². The van der Waals surface area contributed by atoms with E-state index >= 15 is 0 Å². The Bertz CT molecular complexity index is 468. The lowest BCUT2D eigenvalue weighted by Crippen LogP contribution is -2.26. The third-order valence-corrected chi connectivity index (χ3v) is 4.26. The summed E-state index contributed by atoms with van der Waals surface area (Å²) >= 11 is 0. The van der Waals surface area contributed by atoms with E-state index in [1.807, 2.05) is 4.90 Å². The highest BCUT2D eigenvalue weighted by Crippen LogP contribution is 2.26. The molecule has 20 heavy (non-hydrogen) atoms. The normalized spacial score (nSPS) is 24.2. The third-order valence-electron chi connectivity index (χ3n) is 4.26. The van der Waals surface area contributed by atoms with Crippen molar-refractivity contribution in [3.63, 3.8) is 0 Å². The quantitative estimate of drug-likeness (QED) is 0.836. The van der Waals surface area contributed by atoms with Crippen LogP contribution < -0.4 is 0 Å². The number of nitrogens with zero attached hydrogens (tertiary/aromatic N) is 3. The van der Waals surface area contributed by atoms with Gasteiger partial charge in [0.2, 0.25) is 11.8 Å². The van der Waals surface area contributed by atoms with Gasteiger partial charge in [0.25, 0.3) is 0 Å². The molecule has 1 aromatic rings. The Labute approximate surface area is 118 Å². The second-order valence-electron chi connectivity index (χ2n) is 5.76. The molecular weight excluding hydrogens is 258 g/mol. The molecule has 6 nitrogen and oxygen atoms in total. The smallest absolute Gasteiger partial charge is 0.229 e. The number of ether oxygens (including phenoxy) is 1. The molecule has 2 saturated heterocycles. The van der Waals surface area contributed by atoms with Crippen LogP contribution in [0.4, 0.5) is 0 Å². The van der Waals surface area contributed by atoms with Crippen molar-refractivity contribution in [2.24, 2.45) is 5.92 Å². The summed E-state index contributed by atoms with van der Waals surface area (Å²) in [6, 6.07) is 0. The minimum Gasteiger partial charge on any atom is -0.381 e. The van der Waals surface area contributed by atoms with Crippen molar-refractivity contribution in [3.05, 3.63) is 11.7 Å². The zero-order chi connectivity index (χ0) is 13.9. The van der Waals surface area contributed by atoms with Crippen LogP contribution in [0.3, 0.4) is 0 Å². The predicted molar refractivity (Wildman–Crippen MR) is 71.2 cm³/mol. The number of carbonyl (C=O) groups is 1. The second-order valence-corrected chi connectivity index (χ2v) is 5.76. The number of aromatic nitrogens is 2. The van der Waals surface area contributed by atoms with Crippen molar-refractivity contribution < 1.29 is 14.1 Å². The highest BCUT2D eigenvalue weighted by atomic mass is 16.5. The lowest BCUT2D eigenvalue weighted by Gasteiger charge is -2.17. The monoisotopic (exact) mass is 279 g/mol. The molecule has 1 unspecified atom stereocenters. The van der Waals surface area contributed by atoms with Crippen LogP contribution in [0.5, 0.6) is 0 Å². The molecule has 2 aliphatic rings. The standard InChI is InChI=1S/C14H21N3O3/c1-10(18)17-5-2-11(9-17)8-13-15-14(20-16-13)12-3-6-19-7-4-12/h11-12H,2-9H2,1H3. The Hall–Kier alpha value is -1.43. The summed E-state index contributed by atoms with van der Waals surface area (Å²) < 4.78 is 10.7. The molecule has 0 N–H and O–H groups in total. The van der Waals surface area contributed by atoms with Gasteiger partial charge < -0.3 is 14.2 Å². The van der Waals surface area contributed by atoms with Crippen LogP contribution >= 0.6 is 0 Å². The van der Waals surface area contributed by atoms with Gasteiger partial charge >= 0.3 is 0 Å². The van der Waals surface area contributed by atoms with Gasteiger partial charge in [-0.15, -0.1) is 0 Å². The first kappa shape index (κ1) is 13.5. The Kier molecular flexibility index (Phi) is 4.00. The Balaban J connectivity index is 1.56. The summed E-state index contributed by atoms with van der Waals surface area (Å²) in [5.74, 6) is 2.50. The molecule has 6 heteroatoms. The van der Waals surface area contributed by atoms with Crippen molar-refractivity contribution in [1.82, 2.24) is 15.0 Å². The summed E-state index contributed by atoms with van der Waals surface area (Å²) in [7, 11) is 0. The summed E-state index contributed by atoms with van der Waals surface area (Å²) in [5.41, 5.74) is 0. The fourth-order valence-corrected chi connectivity index (χ4v) is 3.00. The number of amides is 1. The van der Waals surface area contributed by atoms with E-state index in [0.29, 0.717) is 11.8 Å². The average Bonchev–Trinajstić information content (AvgIpc) is 3.10. The molecule has 0 aliphatic carbocycles. The fraction of sp³-hybridized carbons (Fsp3) is 0.786. The molecule has 0 aromatic carbocycles. The van der Waals surface area contributed by atoms with Gasteiger partial charge in [-0.1, -0.05) is 5.16 Å². The first-order valence-corrected chi connectivity index (χ1v) is 7.38. The van der Waals surface area contributed by atoms with Gasteiger partial charge in [0, 0.05) is 45.6 Å². The second kappa shape index (κ2) is 5.91. The Morgan fingerprint density at radius 3 is 2.85 bits per heavy atom. The SMILES string of the molecule is CC(=O)N1CCC(Cc2noc(C3CCOCC3)n2)C1. The molecule has 3 heterocycles. The third kappa shape index (κ3) is 3.00. The summed E-state index contributed by atoms with van der Waals surface area (Å²) in [4.78, 5) is 17.7. The van der Waals surface area contributed by atoms with Gasteiger partial charge in [-0.2, -0.15) is 4.98 Å². The highest BCUT2D eigenvalue weighted by molar-refractivity contribution is 5.73. The van der Waals surface area contributed by atoms with E-state index in [4.69, 9.17) is 9.26 Å². The molecule has 2 fully saturated rings. The van der Waals surface area contributed by atoms with Gasteiger partial charge in [-0.05, 0) is 25.2 Å². The largest absolute Gasteiger partial charge is 0.381 e. The number of hydrogen-bond donors (Lipinski definition) is 0. The molecule has 0 radical (unpaired) electrons. The molecule has 1 aromatic heterocycles. The summed E-state index contributed by atoms with van der Waals surface area (Å²) in [6.45, 7) is 4.85. The molecule has 0 bridgehead atoms. The molecule has 1 atom stereocenters. The number of carbonyl (C=O) groups excluding carboxylic acids is 1. The number of rotatable bonds is 3. The lowest BCUT2D eigenvalue weighted by molar-refractivity contribution is -0.127.